The Hall–Kier alpha value is -0.570. The van der Waals surface area contributed by atoms with Crippen molar-refractivity contribution in [3.05, 3.63) is 0 Å². The summed E-state index contributed by atoms with van der Waals surface area (Å²) in [6.07, 6.45) is 21.8. The predicted molar refractivity (Wildman–Crippen MR) is 114 cm³/mol. The molecule has 0 aromatic rings. The highest BCUT2D eigenvalue weighted by molar-refractivity contribution is 5.66. The van der Waals surface area contributed by atoms with Gasteiger partial charge in [0, 0.05) is 6.42 Å². The molecule has 0 spiro atoms. The Labute approximate surface area is 164 Å². The van der Waals surface area contributed by atoms with E-state index in [-0.39, 0.29) is 6.10 Å². The van der Waals surface area contributed by atoms with Gasteiger partial charge in [0.1, 0.15) is 0 Å². The molecule has 158 valence electrons. The zero-order valence-corrected chi connectivity index (χ0v) is 18.1. The number of rotatable bonds is 18. The molecule has 0 bridgehead atoms. The maximum absolute atomic E-state index is 10.3. The molecular weight excluding hydrogens is 324 g/mol. The molecule has 0 amide bonds. The molecule has 3 heteroatoms. The van der Waals surface area contributed by atoms with Gasteiger partial charge in [-0.1, -0.05) is 110 Å². The normalized spacial score (nSPS) is 11.7. The predicted octanol–water partition coefficient (Wildman–Crippen LogP) is 7.50. The van der Waals surface area contributed by atoms with Crippen LogP contribution < -0.4 is 0 Å². The molecule has 26 heavy (non-hydrogen) atoms. The van der Waals surface area contributed by atoms with Gasteiger partial charge in [-0.3, -0.25) is 4.79 Å². The van der Waals surface area contributed by atoms with Gasteiger partial charge in [-0.2, -0.15) is 0 Å². The second-order valence-electron chi connectivity index (χ2n) is 7.73. The van der Waals surface area contributed by atoms with Crippen LogP contribution >= 0.6 is 0 Å². The van der Waals surface area contributed by atoms with Crippen LogP contribution in [0.5, 0.6) is 0 Å². The van der Waals surface area contributed by atoms with Crippen molar-refractivity contribution in [1.82, 2.24) is 0 Å². The smallest absolute Gasteiger partial charge is 0.303 e. The number of carbonyl (C=O) groups is 1. The maximum Gasteiger partial charge on any atom is 0.303 e. The lowest BCUT2D eigenvalue weighted by molar-refractivity contribution is -0.137. The number of unbranched alkanes of at least 4 members (excludes halogenated alkanes) is 14. The molecule has 0 aromatic carbocycles. The largest absolute Gasteiger partial charge is 0.481 e. The Morgan fingerprint density at radius 3 is 1.35 bits per heavy atom. The molecule has 0 fully saturated rings. The first kappa shape index (κ1) is 27.6. The quantitative estimate of drug-likeness (QED) is 0.245. The van der Waals surface area contributed by atoms with E-state index in [4.69, 9.17) is 10.2 Å². The molecule has 0 aliphatic carbocycles. The van der Waals surface area contributed by atoms with Crippen LogP contribution in [0.1, 0.15) is 136 Å². The van der Waals surface area contributed by atoms with Gasteiger partial charge in [0.15, 0.2) is 0 Å². The first-order valence-electron chi connectivity index (χ1n) is 11.4. The summed E-state index contributed by atoms with van der Waals surface area (Å²) < 4.78 is 0. The summed E-state index contributed by atoms with van der Waals surface area (Å²) in [5.74, 6) is -0.655. The molecular formula is C23H48O3. The van der Waals surface area contributed by atoms with Gasteiger partial charge in [-0.15, -0.1) is 0 Å². The molecule has 0 rings (SSSR count). The van der Waals surface area contributed by atoms with Gasteiger partial charge in [0.2, 0.25) is 0 Å². The number of carboxylic acid groups (broad SMARTS) is 1. The highest BCUT2D eigenvalue weighted by Crippen LogP contribution is 2.12. The summed E-state index contributed by atoms with van der Waals surface area (Å²) >= 11 is 0. The van der Waals surface area contributed by atoms with Crippen LogP contribution in [-0.2, 0) is 4.79 Å². The first-order valence-corrected chi connectivity index (χ1v) is 11.4. The Morgan fingerprint density at radius 1 is 0.654 bits per heavy atom. The van der Waals surface area contributed by atoms with E-state index >= 15 is 0 Å². The average Bonchev–Trinajstić information content (AvgIpc) is 2.59. The van der Waals surface area contributed by atoms with Crippen LogP contribution in [0.15, 0.2) is 0 Å². The third-order valence-electron chi connectivity index (χ3n) is 4.72. The maximum atomic E-state index is 10.3. The number of aliphatic hydroxyl groups excluding tert-OH is 1. The molecule has 1 atom stereocenters. The highest BCUT2D eigenvalue weighted by Gasteiger charge is 1.97. The van der Waals surface area contributed by atoms with E-state index in [1.165, 1.54) is 89.9 Å². The van der Waals surface area contributed by atoms with Gasteiger partial charge in [0.05, 0.1) is 6.10 Å². The van der Waals surface area contributed by atoms with Crippen LogP contribution in [-0.4, -0.2) is 22.3 Å². The Bertz CT molecular complexity index is 264. The Kier molecular flexibility index (Phi) is 26.0. The van der Waals surface area contributed by atoms with E-state index in [1.54, 1.807) is 0 Å². The van der Waals surface area contributed by atoms with Gasteiger partial charge >= 0.3 is 5.97 Å². The molecule has 1 unspecified atom stereocenters. The second-order valence-corrected chi connectivity index (χ2v) is 7.73. The van der Waals surface area contributed by atoms with Gasteiger partial charge in [0.25, 0.3) is 0 Å². The number of carboxylic acids is 1. The first-order chi connectivity index (χ1) is 12.5. The lowest BCUT2D eigenvalue weighted by Gasteiger charge is -2.02. The summed E-state index contributed by atoms with van der Waals surface area (Å²) in [6.45, 7) is 6.27. The fraction of sp³-hybridized carbons (Fsp3) is 0.957. The molecule has 2 N–H and O–H groups in total. The van der Waals surface area contributed by atoms with Crippen LogP contribution in [0.25, 0.3) is 0 Å². The third kappa shape index (κ3) is 31.2. The van der Waals surface area contributed by atoms with Crippen molar-refractivity contribution in [2.75, 3.05) is 0 Å². The summed E-state index contributed by atoms with van der Waals surface area (Å²) in [5, 5.41) is 17.3. The van der Waals surface area contributed by atoms with Crippen LogP contribution in [0, 0.1) is 0 Å². The average molecular weight is 373 g/mol. The van der Waals surface area contributed by atoms with Gasteiger partial charge < -0.3 is 10.2 Å². The van der Waals surface area contributed by atoms with Crippen molar-refractivity contribution in [1.29, 1.82) is 0 Å². The van der Waals surface area contributed by atoms with E-state index in [9.17, 15) is 4.79 Å². The summed E-state index contributed by atoms with van der Waals surface area (Å²) in [7, 11) is 0. The fourth-order valence-corrected chi connectivity index (χ4v) is 2.98. The van der Waals surface area contributed by atoms with Gasteiger partial charge in [-0.05, 0) is 19.8 Å². The SMILES string of the molecule is CCCCCC(C)O.CCCCCCCCCCCCCCCC(=O)O. The minimum Gasteiger partial charge on any atom is -0.481 e. The molecule has 0 saturated heterocycles. The molecule has 0 aromatic heterocycles. The fourth-order valence-electron chi connectivity index (χ4n) is 2.98. The van der Waals surface area contributed by atoms with Crippen molar-refractivity contribution in [3.8, 4) is 0 Å². The van der Waals surface area contributed by atoms with E-state index in [1.807, 2.05) is 6.92 Å². The standard InChI is InChI=1S/C16H32O2.C7H16O/c1-2-3-4-5-6-7-8-9-10-11-12-13-14-15-16(17)18;1-3-4-5-6-7(2)8/h2-15H2,1H3,(H,17,18);7-8H,3-6H2,1-2H3. The molecule has 0 radical (unpaired) electrons. The molecule has 0 saturated carbocycles. The van der Waals surface area contributed by atoms with Crippen molar-refractivity contribution in [2.24, 2.45) is 0 Å². The van der Waals surface area contributed by atoms with E-state index in [2.05, 4.69) is 13.8 Å². The van der Waals surface area contributed by atoms with Crippen LogP contribution in [0.4, 0.5) is 0 Å². The van der Waals surface area contributed by atoms with E-state index < -0.39 is 5.97 Å². The number of hydrogen-bond donors (Lipinski definition) is 2. The molecule has 0 aliphatic heterocycles. The van der Waals surface area contributed by atoms with Crippen LogP contribution in [0.3, 0.4) is 0 Å². The monoisotopic (exact) mass is 372 g/mol. The number of aliphatic hydroxyl groups is 1. The van der Waals surface area contributed by atoms with E-state index in [0.29, 0.717) is 6.42 Å². The summed E-state index contributed by atoms with van der Waals surface area (Å²) in [6, 6.07) is 0. The minimum absolute atomic E-state index is 0.0958. The van der Waals surface area contributed by atoms with Crippen molar-refractivity contribution in [2.45, 2.75) is 142 Å². The molecule has 3 nitrogen and oxygen atoms in total. The van der Waals surface area contributed by atoms with Crippen LogP contribution in [0.2, 0.25) is 0 Å². The second kappa shape index (κ2) is 24.4. The number of aliphatic carboxylic acids is 1. The zero-order valence-electron chi connectivity index (χ0n) is 18.1. The lowest BCUT2D eigenvalue weighted by atomic mass is 10.0. The Morgan fingerprint density at radius 2 is 1.00 bits per heavy atom. The van der Waals surface area contributed by atoms with E-state index in [0.717, 1.165) is 19.3 Å². The zero-order chi connectivity index (χ0) is 19.9. The lowest BCUT2D eigenvalue weighted by Crippen LogP contribution is -1.97. The molecule has 0 heterocycles. The third-order valence-corrected chi connectivity index (χ3v) is 4.72. The van der Waals surface area contributed by atoms with Gasteiger partial charge in [-0.25, -0.2) is 0 Å². The molecule has 0 aliphatic rings. The highest BCUT2D eigenvalue weighted by atomic mass is 16.4. The number of hydrogen-bond acceptors (Lipinski definition) is 2. The minimum atomic E-state index is -0.655. The summed E-state index contributed by atoms with van der Waals surface area (Å²) in [4.78, 5) is 10.3. The van der Waals surface area contributed by atoms with Crippen molar-refractivity contribution in [3.63, 3.8) is 0 Å². The van der Waals surface area contributed by atoms with Crippen molar-refractivity contribution < 1.29 is 15.0 Å². The van der Waals surface area contributed by atoms with Crippen molar-refractivity contribution >= 4 is 5.97 Å². The Balaban J connectivity index is 0. The topological polar surface area (TPSA) is 57.5 Å². The summed E-state index contributed by atoms with van der Waals surface area (Å²) in [5.41, 5.74) is 0.